The second-order valence-corrected chi connectivity index (χ2v) is 9.06. The molecule has 12 heteroatoms. The van der Waals surface area contributed by atoms with Crippen LogP contribution >= 0.6 is 35.0 Å². The summed E-state index contributed by atoms with van der Waals surface area (Å²) in [4.78, 5) is 16.2. The van der Waals surface area contributed by atoms with Crippen LogP contribution in [0.2, 0.25) is 10.0 Å². The van der Waals surface area contributed by atoms with Crippen molar-refractivity contribution in [1.29, 1.82) is 0 Å². The van der Waals surface area contributed by atoms with Crippen LogP contribution in [0.3, 0.4) is 0 Å². The lowest BCUT2D eigenvalue weighted by Gasteiger charge is -2.13. The van der Waals surface area contributed by atoms with Gasteiger partial charge in [0.2, 0.25) is 5.16 Å². The van der Waals surface area contributed by atoms with Crippen LogP contribution < -0.4 is 0 Å². The molecule has 9 nitrogen and oxygen atoms in total. The fourth-order valence-corrected chi connectivity index (χ4v) is 4.37. The summed E-state index contributed by atoms with van der Waals surface area (Å²) in [6.07, 6.45) is 3.68. The number of nitrogens with zero attached hydrogens (tertiary/aromatic N) is 9. The van der Waals surface area contributed by atoms with Gasteiger partial charge in [-0.25, -0.2) is 14.6 Å². The molecule has 0 aliphatic heterocycles. The van der Waals surface area contributed by atoms with Crippen molar-refractivity contribution >= 4 is 57.0 Å². The molecule has 0 saturated carbocycles. The highest BCUT2D eigenvalue weighted by molar-refractivity contribution is 7.99. The second-order valence-electron chi connectivity index (χ2n) is 7.29. The van der Waals surface area contributed by atoms with Gasteiger partial charge in [0.15, 0.2) is 5.82 Å². The number of hydrogen-bond acceptors (Lipinski definition) is 8. The van der Waals surface area contributed by atoms with E-state index in [1.807, 2.05) is 43.1 Å². The number of rotatable bonds is 6. The molecule has 0 bridgehead atoms. The number of benzene rings is 1. The molecule has 1 aromatic carbocycles. The summed E-state index contributed by atoms with van der Waals surface area (Å²) in [6.45, 7) is 1.45. The molecule has 4 heterocycles. The molecule has 0 N–H and O–H groups in total. The van der Waals surface area contributed by atoms with Gasteiger partial charge < -0.3 is 4.90 Å². The Morgan fingerprint density at radius 3 is 2.59 bits per heavy atom. The van der Waals surface area contributed by atoms with Gasteiger partial charge in [-0.15, -0.1) is 5.10 Å². The Labute approximate surface area is 197 Å². The van der Waals surface area contributed by atoms with Crippen molar-refractivity contribution in [3.8, 4) is 5.82 Å². The third-order valence-corrected chi connectivity index (χ3v) is 6.45. The van der Waals surface area contributed by atoms with E-state index >= 15 is 0 Å². The van der Waals surface area contributed by atoms with E-state index in [2.05, 4.69) is 25.4 Å². The van der Waals surface area contributed by atoms with Gasteiger partial charge in [-0.3, -0.25) is 9.55 Å². The van der Waals surface area contributed by atoms with Crippen molar-refractivity contribution in [2.75, 3.05) is 20.6 Å². The predicted molar refractivity (Wildman–Crippen MR) is 125 cm³/mol. The minimum atomic E-state index is 0.420. The molecule has 0 spiro atoms. The number of fused-ring (bicyclic) bond motifs is 2. The van der Waals surface area contributed by atoms with E-state index in [1.54, 1.807) is 23.0 Å². The van der Waals surface area contributed by atoms with Gasteiger partial charge in [-0.2, -0.15) is 0 Å². The van der Waals surface area contributed by atoms with Crippen LogP contribution in [0.1, 0.15) is 0 Å². The van der Waals surface area contributed by atoms with Crippen LogP contribution in [-0.4, -0.2) is 65.3 Å². The second kappa shape index (κ2) is 8.62. The summed E-state index contributed by atoms with van der Waals surface area (Å²) in [6, 6.07) is 9.24. The normalized spacial score (nSPS) is 11.8. The third-order valence-electron chi connectivity index (χ3n) is 4.79. The predicted octanol–water partition coefficient (Wildman–Crippen LogP) is 3.97. The first kappa shape index (κ1) is 21.1. The Balaban J connectivity index is 1.66. The van der Waals surface area contributed by atoms with E-state index in [-0.39, 0.29) is 0 Å². The Kier molecular flexibility index (Phi) is 5.68. The average molecular weight is 486 g/mol. The number of aromatic nitrogens is 8. The molecular weight excluding hydrogens is 469 g/mol. The van der Waals surface area contributed by atoms with Crippen LogP contribution in [0.4, 0.5) is 0 Å². The van der Waals surface area contributed by atoms with Crippen LogP contribution in [0, 0.1) is 0 Å². The first-order valence-corrected chi connectivity index (χ1v) is 11.2. The van der Waals surface area contributed by atoms with Gasteiger partial charge >= 0.3 is 0 Å². The number of hydrogen-bond donors (Lipinski definition) is 0. The molecule has 5 aromatic rings. The van der Waals surface area contributed by atoms with Gasteiger partial charge in [0.1, 0.15) is 5.03 Å². The molecular formula is C20H17Cl2N9S. The van der Waals surface area contributed by atoms with Gasteiger partial charge in [0, 0.05) is 18.9 Å². The van der Waals surface area contributed by atoms with Crippen LogP contribution in [0.5, 0.6) is 0 Å². The van der Waals surface area contributed by atoms with Crippen molar-refractivity contribution in [2.45, 2.75) is 16.7 Å². The van der Waals surface area contributed by atoms with Crippen LogP contribution in [0.15, 0.2) is 52.9 Å². The Hall–Kier alpha value is -2.79. The molecule has 0 radical (unpaired) electrons. The van der Waals surface area contributed by atoms with Gasteiger partial charge in [-0.1, -0.05) is 23.2 Å². The van der Waals surface area contributed by atoms with Gasteiger partial charge in [-0.05, 0) is 66.6 Å². The molecule has 0 saturated heterocycles. The molecule has 5 rings (SSSR count). The van der Waals surface area contributed by atoms with E-state index in [0.29, 0.717) is 43.6 Å². The van der Waals surface area contributed by atoms with E-state index in [4.69, 9.17) is 33.2 Å². The highest BCUT2D eigenvalue weighted by Crippen LogP contribution is 2.34. The highest BCUT2D eigenvalue weighted by atomic mass is 35.5. The Morgan fingerprint density at radius 1 is 1.03 bits per heavy atom. The van der Waals surface area contributed by atoms with E-state index in [1.165, 1.54) is 11.8 Å². The number of halogens is 2. The SMILES string of the molecule is CN(C)CCn1nnnc1Sc1nc2cc(Cl)c(Cl)cc2nc1-n1ccc2ncccc21. The smallest absolute Gasteiger partial charge is 0.215 e. The maximum atomic E-state index is 6.24. The molecule has 0 aliphatic carbocycles. The number of tetrazole rings is 1. The first-order valence-electron chi connectivity index (χ1n) is 9.67. The summed E-state index contributed by atoms with van der Waals surface area (Å²) in [5.74, 6) is 0.631. The van der Waals surface area contributed by atoms with E-state index < -0.39 is 0 Å². The summed E-state index contributed by atoms with van der Waals surface area (Å²) >= 11 is 13.8. The summed E-state index contributed by atoms with van der Waals surface area (Å²) in [5.41, 5.74) is 3.04. The molecule has 162 valence electrons. The summed E-state index contributed by atoms with van der Waals surface area (Å²) in [7, 11) is 4.01. The average Bonchev–Trinajstić information content (AvgIpc) is 3.40. The lowest BCUT2D eigenvalue weighted by atomic mass is 10.3. The third kappa shape index (κ3) is 4.02. The highest BCUT2D eigenvalue weighted by Gasteiger charge is 2.19. The molecule has 32 heavy (non-hydrogen) atoms. The van der Waals surface area contributed by atoms with Crippen LogP contribution in [0.25, 0.3) is 27.9 Å². The largest absolute Gasteiger partial charge is 0.308 e. The fraction of sp³-hybridized carbons (Fsp3) is 0.200. The molecule has 0 unspecified atom stereocenters. The topological polar surface area (TPSA) is 90.4 Å². The van der Waals surface area contributed by atoms with Crippen molar-refractivity contribution < 1.29 is 0 Å². The van der Waals surface area contributed by atoms with E-state index in [0.717, 1.165) is 17.6 Å². The molecule has 0 aliphatic rings. The minimum Gasteiger partial charge on any atom is -0.308 e. The molecule has 0 fully saturated rings. The quantitative estimate of drug-likeness (QED) is 0.356. The zero-order chi connectivity index (χ0) is 22.2. The van der Waals surface area contributed by atoms with Gasteiger partial charge in [0.25, 0.3) is 0 Å². The zero-order valence-electron chi connectivity index (χ0n) is 17.1. The maximum absolute atomic E-state index is 6.24. The molecule has 0 atom stereocenters. The number of likely N-dealkylation sites (N-methyl/N-ethyl adjacent to an activating group) is 1. The monoisotopic (exact) mass is 485 g/mol. The van der Waals surface area contributed by atoms with Crippen LogP contribution in [-0.2, 0) is 6.54 Å². The first-order chi connectivity index (χ1) is 15.5. The molecule has 0 amide bonds. The zero-order valence-corrected chi connectivity index (χ0v) is 19.5. The number of pyridine rings is 1. The van der Waals surface area contributed by atoms with Gasteiger partial charge in [0.05, 0.1) is 38.7 Å². The lowest BCUT2D eigenvalue weighted by Crippen LogP contribution is -2.19. The Bertz CT molecular complexity index is 1430. The molecule has 4 aromatic heterocycles. The maximum Gasteiger partial charge on any atom is 0.215 e. The Morgan fingerprint density at radius 2 is 1.81 bits per heavy atom. The summed E-state index contributed by atoms with van der Waals surface area (Å²) in [5, 5.41) is 14.3. The lowest BCUT2D eigenvalue weighted by molar-refractivity contribution is 0.361. The van der Waals surface area contributed by atoms with Crippen molar-refractivity contribution in [1.82, 2.24) is 44.6 Å². The van der Waals surface area contributed by atoms with Crippen molar-refractivity contribution in [3.05, 3.63) is 52.8 Å². The standard InChI is InChI=1S/C20H17Cl2N9S/c1-29(2)8-9-31-20(26-27-28-31)32-19-18(30-7-5-14-17(30)4-3-6-23-14)24-15-10-12(21)13(22)11-16(15)25-19/h3-7,10-11H,8-9H2,1-2H3. The van der Waals surface area contributed by atoms with Crippen molar-refractivity contribution in [3.63, 3.8) is 0 Å². The van der Waals surface area contributed by atoms with E-state index in [9.17, 15) is 0 Å². The minimum absolute atomic E-state index is 0.420. The fourth-order valence-electron chi connectivity index (χ4n) is 3.19. The van der Waals surface area contributed by atoms with Crippen molar-refractivity contribution in [2.24, 2.45) is 0 Å². The summed E-state index contributed by atoms with van der Waals surface area (Å²) < 4.78 is 3.71.